The lowest BCUT2D eigenvalue weighted by atomic mass is 10.1. The molecule has 100 valence electrons. The highest BCUT2D eigenvalue weighted by molar-refractivity contribution is 5.42. The van der Waals surface area contributed by atoms with Gasteiger partial charge in [0.2, 0.25) is 0 Å². The van der Waals surface area contributed by atoms with E-state index in [-0.39, 0.29) is 6.04 Å². The molecule has 0 saturated heterocycles. The van der Waals surface area contributed by atoms with Gasteiger partial charge in [0.05, 0.1) is 0 Å². The van der Waals surface area contributed by atoms with Gasteiger partial charge in [0, 0.05) is 37.7 Å². The fraction of sp³-hybridized carbons (Fsp3) is 0.333. The van der Waals surface area contributed by atoms with E-state index in [1.807, 2.05) is 43.7 Å². The molecule has 2 heterocycles. The zero-order chi connectivity index (χ0) is 13.7. The second-order valence-electron chi connectivity index (χ2n) is 4.61. The summed E-state index contributed by atoms with van der Waals surface area (Å²) >= 11 is 0. The normalized spacial score (nSPS) is 12.2. The lowest BCUT2D eigenvalue weighted by Crippen LogP contribution is -2.23. The molecule has 2 rings (SSSR count). The molecule has 0 aliphatic carbocycles. The van der Waals surface area contributed by atoms with Gasteiger partial charge in [-0.1, -0.05) is 0 Å². The quantitative estimate of drug-likeness (QED) is 0.893. The number of hydrogen-bond donors (Lipinski definition) is 1. The van der Waals surface area contributed by atoms with Crippen molar-refractivity contribution in [1.82, 2.24) is 9.97 Å². The van der Waals surface area contributed by atoms with E-state index >= 15 is 0 Å². The maximum atomic E-state index is 5.92. The number of hydrogen-bond acceptors (Lipinski definition) is 4. The Morgan fingerprint density at radius 2 is 1.95 bits per heavy atom. The molecule has 0 bridgehead atoms. The first-order chi connectivity index (χ1) is 9.20. The van der Waals surface area contributed by atoms with Crippen molar-refractivity contribution in [3.8, 4) is 0 Å². The van der Waals surface area contributed by atoms with Gasteiger partial charge in [-0.15, -0.1) is 0 Å². The predicted octanol–water partition coefficient (Wildman–Crippen LogP) is 2.52. The average Bonchev–Trinajstić information content (AvgIpc) is 2.46. The molecular formula is C15H20N4. The van der Waals surface area contributed by atoms with E-state index in [0.29, 0.717) is 0 Å². The van der Waals surface area contributed by atoms with Crippen molar-refractivity contribution in [3.05, 3.63) is 54.0 Å². The van der Waals surface area contributed by atoms with Crippen LogP contribution in [0, 0.1) is 0 Å². The van der Waals surface area contributed by atoms with E-state index in [2.05, 4.69) is 27.9 Å². The summed E-state index contributed by atoms with van der Waals surface area (Å²) in [6.07, 6.45) is 5.45. The van der Waals surface area contributed by atoms with Crippen LogP contribution < -0.4 is 10.6 Å². The molecule has 19 heavy (non-hydrogen) atoms. The van der Waals surface area contributed by atoms with Crippen molar-refractivity contribution in [2.75, 3.05) is 11.4 Å². The van der Waals surface area contributed by atoms with Crippen molar-refractivity contribution >= 4 is 5.82 Å². The SMILES string of the molecule is CCN(Cc1ccncc1)c1cc([C@H](C)N)ccn1. The van der Waals surface area contributed by atoms with Gasteiger partial charge in [0.1, 0.15) is 5.82 Å². The summed E-state index contributed by atoms with van der Waals surface area (Å²) < 4.78 is 0. The lowest BCUT2D eigenvalue weighted by molar-refractivity contribution is 0.790. The van der Waals surface area contributed by atoms with Gasteiger partial charge in [0.25, 0.3) is 0 Å². The van der Waals surface area contributed by atoms with Crippen LogP contribution in [0.15, 0.2) is 42.9 Å². The van der Waals surface area contributed by atoms with Crippen LogP contribution in [0.4, 0.5) is 5.82 Å². The van der Waals surface area contributed by atoms with Crippen LogP contribution in [0.3, 0.4) is 0 Å². The third-order valence-electron chi connectivity index (χ3n) is 3.12. The Kier molecular flexibility index (Phi) is 4.47. The smallest absolute Gasteiger partial charge is 0.129 e. The third-order valence-corrected chi connectivity index (χ3v) is 3.12. The minimum Gasteiger partial charge on any atom is -0.353 e. The zero-order valence-electron chi connectivity index (χ0n) is 11.5. The first kappa shape index (κ1) is 13.5. The number of pyridine rings is 2. The standard InChI is InChI=1S/C15H20N4/c1-3-19(11-13-4-7-17-8-5-13)15-10-14(12(2)16)6-9-18-15/h4-10,12H,3,11,16H2,1-2H3/t12-/m0/s1. The Bertz CT molecular complexity index is 511. The zero-order valence-corrected chi connectivity index (χ0v) is 11.5. The van der Waals surface area contributed by atoms with Gasteiger partial charge in [0.15, 0.2) is 0 Å². The number of aromatic nitrogens is 2. The van der Waals surface area contributed by atoms with E-state index in [1.165, 1.54) is 5.56 Å². The Morgan fingerprint density at radius 3 is 2.58 bits per heavy atom. The van der Waals surface area contributed by atoms with E-state index in [1.54, 1.807) is 0 Å². The Labute approximate surface area is 114 Å². The van der Waals surface area contributed by atoms with Crippen LogP contribution in [-0.4, -0.2) is 16.5 Å². The second-order valence-corrected chi connectivity index (χ2v) is 4.61. The monoisotopic (exact) mass is 256 g/mol. The topological polar surface area (TPSA) is 55.0 Å². The highest BCUT2D eigenvalue weighted by Gasteiger charge is 2.08. The first-order valence-electron chi connectivity index (χ1n) is 6.56. The van der Waals surface area contributed by atoms with Crippen LogP contribution in [0.1, 0.15) is 31.0 Å². The highest BCUT2D eigenvalue weighted by Crippen LogP contribution is 2.18. The van der Waals surface area contributed by atoms with Gasteiger partial charge in [-0.2, -0.15) is 0 Å². The maximum absolute atomic E-state index is 5.92. The van der Waals surface area contributed by atoms with E-state index in [4.69, 9.17) is 5.73 Å². The molecule has 2 aromatic heterocycles. The van der Waals surface area contributed by atoms with Crippen LogP contribution in [0.2, 0.25) is 0 Å². The molecule has 0 unspecified atom stereocenters. The molecule has 0 saturated carbocycles. The summed E-state index contributed by atoms with van der Waals surface area (Å²) in [5, 5.41) is 0. The van der Waals surface area contributed by atoms with Crippen LogP contribution in [-0.2, 0) is 6.54 Å². The van der Waals surface area contributed by atoms with Gasteiger partial charge < -0.3 is 10.6 Å². The van der Waals surface area contributed by atoms with Crippen LogP contribution in [0.5, 0.6) is 0 Å². The highest BCUT2D eigenvalue weighted by atomic mass is 15.2. The summed E-state index contributed by atoms with van der Waals surface area (Å²) in [4.78, 5) is 10.7. The van der Waals surface area contributed by atoms with Crippen LogP contribution in [0.25, 0.3) is 0 Å². The van der Waals surface area contributed by atoms with Gasteiger partial charge in [-0.05, 0) is 49.2 Å². The number of nitrogens with two attached hydrogens (primary N) is 1. The fourth-order valence-electron chi connectivity index (χ4n) is 1.95. The van der Waals surface area contributed by atoms with Crippen molar-refractivity contribution in [2.45, 2.75) is 26.4 Å². The number of anilines is 1. The van der Waals surface area contributed by atoms with E-state index in [0.717, 1.165) is 24.5 Å². The minimum atomic E-state index is 0.0291. The molecule has 0 fully saturated rings. The third kappa shape index (κ3) is 3.51. The molecular weight excluding hydrogens is 236 g/mol. The van der Waals surface area contributed by atoms with Gasteiger partial charge in [-0.25, -0.2) is 4.98 Å². The number of nitrogens with zero attached hydrogens (tertiary/aromatic N) is 3. The summed E-state index contributed by atoms with van der Waals surface area (Å²) in [6.45, 7) is 5.84. The largest absolute Gasteiger partial charge is 0.353 e. The molecule has 4 nitrogen and oxygen atoms in total. The van der Waals surface area contributed by atoms with Crippen molar-refractivity contribution in [1.29, 1.82) is 0 Å². The molecule has 0 aliphatic heterocycles. The summed E-state index contributed by atoms with van der Waals surface area (Å²) in [7, 11) is 0. The average molecular weight is 256 g/mol. The van der Waals surface area contributed by atoms with Gasteiger partial charge in [-0.3, -0.25) is 4.98 Å². The molecule has 0 radical (unpaired) electrons. The molecule has 0 spiro atoms. The van der Waals surface area contributed by atoms with Crippen molar-refractivity contribution in [3.63, 3.8) is 0 Å². The molecule has 1 atom stereocenters. The lowest BCUT2D eigenvalue weighted by Gasteiger charge is -2.23. The molecule has 0 amide bonds. The van der Waals surface area contributed by atoms with E-state index < -0.39 is 0 Å². The minimum absolute atomic E-state index is 0.0291. The second kappa shape index (κ2) is 6.29. The Morgan fingerprint density at radius 1 is 1.21 bits per heavy atom. The molecule has 4 heteroatoms. The Balaban J connectivity index is 2.20. The summed E-state index contributed by atoms with van der Waals surface area (Å²) in [6, 6.07) is 8.11. The molecule has 0 aromatic carbocycles. The summed E-state index contributed by atoms with van der Waals surface area (Å²) in [5.41, 5.74) is 8.26. The van der Waals surface area contributed by atoms with Gasteiger partial charge >= 0.3 is 0 Å². The fourth-order valence-corrected chi connectivity index (χ4v) is 1.95. The number of rotatable bonds is 5. The summed E-state index contributed by atoms with van der Waals surface area (Å²) in [5.74, 6) is 0.967. The van der Waals surface area contributed by atoms with Crippen molar-refractivity contribution in [2.24, 2.45) is 5.73 Å². The van der Waals surface area contributed by atoms with Crippen molar-refractivity contribution < 1.29 is 0 Å². The Hall–Kier alpha value is -1.94. The first-order valence-corrected chi connectivity index (χ1v) is 6.56. The molecule has 2 N–H and O–H groups in total. The van der Waals surface area contributed by atoms with Crippen LogP contribution >= 0.6 is 0 Å². The molecule has 2 aromatic rings. The maximum Gasteiger partial charge on any atom is 0.129 e. The van der Waals surface area contributed by atoms with E-state index in [9.17, 15) is 0 Å². The molecule has 0 aliphatic rings. The predicted molar refractivity (Wildman–Crippen MR) is 77.8 cm³/mol.